The number of alkyl halides is 4. The Bertz CT molecular complexity index is 368. The number of hydrogen-bond donors (Lipinski definition) is 1. The number of aryl methyl sites for hydroxylation is 2. The Morgan fingerprint density at radius 2 is 1.94 bits per heavy atom. The van der Waals surface area contributed by atoms with Gasteiger partial charge in [-0.2, -0.15) is 8.78 Å². The second-order valence-corrected chi connectivity index (χ2v) is 3.34. The molecule has 1 aromatic rings. The minimum Gasteiger partial charge on any atom is -0.362 e. The van der Waals surface area contributed by atoms with Crippen molar-refractivity contribution in [1.29, 1.82) is 0 Å². The fourth-order valence-corrected chi connectivity index (χ4v) is 0.913. The van der Waals surface area contributed by atoms with Gasteiger partial charge in [0, 0.05) is 0 Å². The molecule has 90 valence electrons. The number of halogens is 4. The highest BCUT2D eigenvalue weighted by atomic mass is 19.3. The van der Waals surface area contributed by atoms with Crippen molar-refractivity contribution in [3.8, 4) is 0 Å². The molecule has 0 amide bonds. The van der Waals surface area contributed by atoms with Crippen molar-refractivity contribution in [2.24, 2.45) is 0 Å². The number of nitrogens with zero attached hydrogens (tertiary/aromatic N) is 2. The van der Waals surface area contributed by atoms with Crippen LogP contribution in [-0.2, 0) is 0 Å². The summed E-state index contributed by atoms with van der Waals surface area (Å²) in [6.45, 7) is 2.19. The summed E-state index contributed by atoms with van der Waals surface area (Å²) in [5.74, 6) is -4.01. The van der Waals surface area contributed by atoms with Gasteiger partial charge in [-0.05, 0) is 13.8 Å². The van der Waals surface area contributed by atoms with Gasteiger partial charge >= 0.3 is 12.3 Å². The maximum Gasteiger partial charge on any atom is 0.324 e. The molecule has 0 bridgehead atoms. The monoisotopic (exact) mass is 237 g/mol. The van der Waals surface area contributed by atoms with Crippen molar-refractivity contribution in [2.45, 2.75) is 26.2 Å². The van der Waals surface area contributed by atoms with E-state index in [1.165, 1.54) is 6.20 Å². The lowest BCUT2D eigenvalue weighted by molar-refractivity contribution is -0.117. The van der Waals surface area contributed by atoms with Crippen molar-refractivity contribution < 1.29 is 17.6 Å². The van der Waals surface area contributed by atoms with Gasteiger partial charge in [-0.1, -0.05) is 0 Å². The predicted molar refractivity (Wildman–Crippen MR) is 50.9 cm³/mol. The van der Waals surface area contributed by atoms with Gasteiger partial charge in [0.15, 0.2) is 0 Å². The van der Waals surface area contributed by atoms with Crippen LogP contribution in [0, 0.1) is 13.8 Å². The van der Waals surface area contributed by atoms with E-state index in [2.05, 4.69) is 15.3 Å². The lowest BCUT2D eigenvalue weighted by Crippen LogP contribution is -2.35. The average molecular weight is 237 g/mol. The molecule has 0 radical (unpaired) electrons. The SMILES string of the molecule is Cc1ncc(NCC(F)(F)C(F)F)nc1C. The maximum atomic E-state index is 12.6. The summed E-state index contributed by atoms with van der Waals surface area (Å²) in [5.41, 5.74) is 1.22. The highest BCUT2D eigenvalue weighted by molar-refractivity contribution is 5.33. The van der Waals surface area contributed by atoms with Crippen molar-refractivity contribution >= 4 is 5.82 Å². The second kappa shape index (κ2) is 4.63. The van der Waals surface area contributed by atoms with Crippen LogP contribution in [0.15, 0.2) is 6.20 Å². The fraction of sp³-hybridized carbons (Fsp3) is 0.556. The molecule has 0 saturated heterocycles. The molecule has 0 aliphatic carbocycles. The Kier molecular flexibility index (Phi) is 3.66. The molecule has 7 heteroatoms. The standard InChI is InChI=1S/C9H11F4N3/c1-5-6(2)16-7(3-14-5)15-4-9(12,13)8(10)11/h3,8H,4H2,1-2H3,(H,15,16). The molecule has 1 aromatic heterocycles. The van der Waals surface area contributed by atoms with Crippen LogP contribution in [0.3, 0.4) is 0 Å². The zero-order chi connectivity index (χ0) is 12.3. The summed E-state index contributed by atoms with van der Waals surface area (Å²) in [7, 11) is 0. The molecule has 0 aromatic carbocycles. The topological polar surface area (TPSA) is 37.8 Å². The normalized spacial score (nSPS) is 11.9. The van der Waals surface area contributed by atoms with Crippen LogP contribution in [-0.4, -0.2) is 28.9 Å². The van der Waals surface area contributed by atoms with E-state index < -0.39 is 18.9 Å². The Labute approximate surface area is 89.9 Å². The van der Waals surface area contributed by atoms with Gasteiger partial charge in [0.2, 0.25) is 0 Å². The first-order valence-electron chi connectivity index (χ1n) is 4.53. The number of rotatable bonds is 4. The van der Waals surface area contributed by atoms with E-state index >= 15 is 0 Å². The van der Waals surface area contributed by atoms with Gasteiger partial charge < -0.3 is 5.32 Å². The third-order valence-electron chi connectivity index (χ3n) is 2.02. The van der Waals surface area contributed by atoms with Crippen LogP contribution in [0.4, 0.5) is 23.4 Å². The number of nitrogens with one attached hydrogen (secondary N) is 1. The highest BCUT2D eigenvalue weighted by Crippen LogP contribution is 2.22. The van der Waals surface area contributed by atoms with E-state index in [1.54, 1.807) is 13.8 Å². The number of anilines is 1. The molecule has 0 aliphatic rings. The van der Waals surface area contributed by atoms with Gasteiger partial charge in [-0.3, -0.25) is 4.98 Å². The van der Waals surface area contributed by atoms with Crippen molar-refractivity contribution in [3.63, 3.8) is 0 Å². The second-order valence-electron chi connectivity index (χ2n) is 3.34. The Balaban J connectivity index is 2.65. The molecular formula is C9H11F4N3. The first-order valence-corrected chi connectivity index (χ1v) is 4.53. The molecule has 1 heterocycles. The summed E-state index contributed by atoms with van der Waals surface area (Å²) in [6, 6.07) is 0. The third-order valence-corrected chi connectivity index (χ3v) is 2.02. The molecule has 0 atom stereocenters. The zero-order valence-corrected chi connectivity index (χ0v) is 8.77. The maximum absolute atomic E-state index is 12.6. The van der Waals surface area contributed by atoms with Crippen LogP contribution in [0.2, 0.25) is 0 Å². The summed E-state index contributed by atoms with van der Waals surface area (Å²) < 4.78 is 48.8. The first kappa shape index (κ1) is 12.7. The zero-order valence-electron chi connectivity index (χ0n) is 8.77. The van der Waals surface area contributed by atoms with Crippen LogP contribution < -0.4 is 5.32 Å². The smallest absolute Gasteiger partial charge is 0.324 e. The fourth-order valence-electron chi connectivity index (χ4n) is 0.913. The Morgan fingerprint density at radius 1 is 1.31 bits per heavy atom. The van der Waals surface area contributed by atoms with Gasteiger partial charge in [0.1, 0.15) is 5.82 Å². The minimum absolute atomic E-state index is 0.0587. The van der Waals surface area contributed by atoms with Crippen LogP contribution in [0.25, 0.3) is 0 Å². The predicted octanol–water partition coefficient (Wildman–Crippen LogP) is 2.41. The third kappa shape index (κ3) is 3.04. The van der Waals surface area contributed by atoms with Crippen molar-refractivity contribution in [1.82, 2.24) is 9.97 Å². The molecule has 1 rings (SSSR count). The van der Waals surface area contributed by atoms with Gasteiger partial charge in [-0.15, -0.1) is 0 Å². The van der Waals surface area contributed by atoms with E-state index in [-0.39, 0.29) is 5.82 Å². The number of hydrogen-bond acceptors (Lipinski definition) is 3. The molecule has 0 saturated carbocycles. The van der Waals surface area contributed by atoms with Gasteiger partial charge in [0.05, 0.1) is 24.1 Å². The van der Waals surface area contributed by atoms with Crippen molar-refractivity contribution in [2.75, 3.05) is 11.9 Å². The molecule has 0 aliphatic heterocycles. The highest BCUT2D eigenvalue weighted by Gasteiger charge is 2.40. The average Bonchev–Trinajstić information content (AvgIpc) is 2.20. The van der Waals surface area contributed by atoms with Gasteiger partial charge in [-0.25, -0.2) is 13.8 Å². The molecule has 1 N–H and O–H groups in total. The van der Waals surface area contributed by atoms with E-state index in [0.29, 0.717) is 11.4 Å². The van der Waals surface area contributed by atoms with Crippen LogP contribution >= 0.6 is 0 Å². The largest absolute Gasteiger partial charge is 0.362 e. The molecular weight excluding hydrogens is 226 g/mol. The van der Waals surface area contributed by atoms with E-state index in [0.717, 1.165) is 0 Å². The van der Waals surface area contributed by atoms with E-state index in [9.17, 15) is 17.6 Å². The lowest BCUT2D eigenvalue weighted by Gasteiger charge is -2.16. The molecule has 0 unspecified atom stereocenters. The Morgan fingerprint density at radius 3 is 2.44 bits per heavy atom. The van der Waals surface area contributed by atoms with E-state index in [4.69, 9.17) is 0 Å². The first-order chi connectivity index (χ1) is 7.33. The van der Waals surface area contributed by atoms with Gasteiger partial charge in [0.25, 0.3) is 0 Å². The lowest BCUT2D eigenvalue weighted by atomic mass is 10.3. The number of aromatic nitrogens is 2. The summed E-state index contributed by atoms with van der Waals surface area (Å²) in [5, 5.41) is 2.13. The molecule has 0 fully saturated rings. The molecule has 16 heavy (non-hydrogen) atoms. The van der Waals surface area contributed by atoms with E-state index in [1.807, 2.05) is 0 Å². The minimum atomic E-state index is -4.07. The molecule has 0 spiro atoms. The quantitative estimate of drug-likeness (QED) is 0.817. The van der Waals surface area contributed by atoms with Crippen molar-refractivity contribution in [3.05, 3.63) is 17.6 Å². The van der Waals surface area contributed by atoms with Crippen LogP contribution in [0.5, 0.6) is 0 Å². The molecule has 3 nitrogen and oxygen atoms in total. The van der Waals surface area contributed by atoms with Crippen LogP contribution in [0.1, 0.15) is 11.4 Å². The Hall–Kier alpha value is -1.40. The summed E-state index contributed by atoms with van der Waals surface area (Å²) >= 11 is 0. The summed E-state index contributed by atoms with van der Waals surface area (Å²) in [4.78, 5) is 7.75. The summed E-state index contributed by atoms with van der Waals surface area (Å²) in [6.07, 6.45) is -2.47.